The van der Waals surface area contributed by atoms with Gasteiger partial charge >= 0.3 is 0 Å². The zero-order chi connectivity index (χ0) is 15.2. The van der Waals surface area contributed by atoms with Gasteiger partial charge in [-0.15, -0.1) is 0 Å². The van der Waals surface area contributed by atoms with Crippen LogP contribution in [0.25, 0.3) is 0 Å². The van der Waals surface area contributed by atoms with E-state index in [9.17, 15) is 0 Å². The molecule has 0 aliphatic heterocycles. The second-order valence-corrected chi connectivity index (χ2v) is 6.26. The fourth-order valence-corrected chi connectivity index (χ4v) is 3.05. The van der Waals surface area contributed by atoms with Crippen molar-refractivity contribution in [2.75, 3.05) is 19.3 Å². The van der Waals surface area contributed by atoms with Gasteiger partial charge in [-0.25, -0.2) is 0 Å². The van der Waals surface area contributed by atoms with Gasteiger partial charge in [0, 0.05) is 23.5 Å². The largest absolute Gasteiger partial charge is 0.299 e. The molecule has 2 atom stereocenters. The van der Waals surface area contributed by atoms with Crippen LogP contribution in [0.15, 0.2) is 54.6 Å². The molecule has 21 heavy (non-hydrogen) atoms. The molecule has 0 aliphatic carbocycles. The maximum atomic E-state index is 6.09. The Morgan fingerprint density at radius 3 is 2.33 bits per heavy atom. The maximum Gasteiger partial charge on any atom is 0.0409 e. The van der Waals surface area contributed by atoms with Gasteiger partial charge in [-0.3, -0.25) is 4.90 Å². The van der Waals surface area contributed by atoms with E-state index in [0.29, 0.717) is 12.0 Å². The quantitative estimate of drug-likeness (QED) is 0.729. The van der Waals surface area contributed by atoms with Crippen molar-refractivity contribution in [1.29, 1.82) is 0 Å². The van der Waals surface area contributed by atoms with Crippen LogP contribution in [0.2, 0.25) is 5.02 Å². The summed E-state index contributed by atoms with van der Waals surface area (Å²) in [5.41, 5.74) is 2.59. The summed E-state index contributed by atoms with van der Waals surface area (Å²) >= 11 is 10.6. The van der Waals surface area contributed by atoms with E-state index in [-0.39, 0.29) is 0 Å². The number of rotatable bonds is 6. The smallest absolute Gasteiger partial charge is 0.0409 e. The number of hydrogen-bond donors (Lipinski definition) is 1. The maximum absolute atomic E-state index is 6.09. The Balaban J connectivity index is 2.07. The van der Waals surface area contributed by atoms with Crippen LogP contribution in [-0.2, 0) is 0 Å². The van der Waals surface area contributed by atoms with Gasteiger partial charge in [-0.05, 0) is 43.0 Å². The molecule has 0 aliphatic rings. The monoisotopic (exact) mass is 319 g/mol. The highest BCUT2D eigenvalue weighted by molar-refractivity contribution is 7.80. The number of benzene rings is 2. The minimum Gasteiger partial charge on any atom is -0.299 e. The molecule has 0 amide bonds. The molecule has 0 bridgehead atoms. The highest BCUT2D eigenvalue weighted by Crippen LogP contribution is 2.25. The number of hydrogen-bond acceptors (Lipinski definition) is 2. The zero-order valence-electron chi connectivity index (χ0n) is 12.5. The SMILES string of the molecule is CC(c1cccc(Cl)c1)N(C)CC(CS)c1ccccc1. The van der Waals surface area contributed by atoms with Crippen LogP contribution in [0.1, 0.15) is 30.0 Å². The van der Waals surface area contributed by atoms with Gasteiger partial charge < -0.3 is 0 Å². The first kappa shape index (κ1) is 16.4. The van der Waals surface area contributed by atoms with Crippen molar-refractivity contribution in [3.8, 4) is 0 Å². The molecule has 0 saturated heterocycles. The van der Waals surface area contributed by atoms with Crippen LogP contribution in [-0.4, -0.2) is 24.2 Å². The Labute approximate surface area is 138 Å². The van der Waals surface area contributed by atoms with E-state index < -0.39 is 0 Å². The average Bonchev–Trinajstić information content (AvgIpc) is 2.52. The Bertz CT molecular complexity index is 558. The van der Waals surface area contributed by atoms with Crippen molar-refractivity contribution < 1.29 is 0 Å². The third kappa shape index (κ3) is 4.50. The van der Waals surface area contributed by atoms with Crippen LogP contribution in [0.3, 0.4) is 0 Å². The predicted octanol–water partition coefficient (Wildman–Crippen LogP) is 5.05. The van der Waals surface area contributed by atoms with E-state index in [1.807, 2.05) is 18.2 Å². The van der Waals surface area contributed by atoms with Crippen LogP contribution in [0, 0.1) is 0 Å². The van der Waals surface area contributed by atoms with Crippen LogP contribution < -0.4 is 0 Å². The summed E-state index contributed by atoms with van der Waals surface area (Å²) in [5, 5.41) is 0.793. The van der Waals surface area contributed by atoms with Crippen LogP contribution >= 0.6 is 24.2 Å². The lowest BCUT2D eigenvalue weighted by atomic mass is 9.99. The fraction of sp³-hybridized carbons (Fsp3) is 0.333. The molecule has 0 saturated carbocycles. The molecule has 0 aromatic heterocycles. The number of likely N-dealkylation sites (N-methyl/N-ethyl adjacent to an activating group) is 1. The molecular weight excluding hydrogens is 298 g/mol. The normalized spacial score (nSPS) is 14.1. The standard InChI is InChI=1S/C18H22ClNS/c1-14(16-9-6-10-18(19)11-16)20(2)12-17(13-21)15-7-4-3-5-8-15/h3-11,14,17,21H,12-13H2,1-2H3. The second kappa shape index (κ2) is 7.88. The lowest BCUT2D eigenvalue weighted by Crippen LogP contribution is -2.28. The second-order valence-electron chi connectivity index (χ2n) is 5.46. The highest BCUT2D eigenvalue weighted by atomic mass is 35.5. The molecule has 1 nitrogen and oxygen atoms in total. The van der Waals surface area contributed by atoms with Crippen LogP contribution in [0.5, 0.6) is 0 Å². The van der Waals surface area contributed by atoms with Crippen molar-refractivity contribution in [3.05, 3.63) is 70.7 Å². The number of thiol groups is 1. The van der Waals surface area contributed by atoms with Crippen molar-refractivity contribution in [2.24, 2.45) is 0 Å². The summed E-state index contributed by atoms with van der Waals surface area (Å²) in [7, 11) is 2.16. The Morgan fingerprint density at radius 2 is 1.71 bits per heavy atom. The first-order valence-corrected chi connectivity index (χ1v) is 8.24. The molecule has 0 N–H and O–H groups in total. The predicted molar refractivity (Wildman–Crippen MR) is 95.5 cm³/mol. The third-order valence-corrected chi connectivity index (χ3v) is 4.67. The number of nitrogens with zero attached hydrogens (tertiary/aromatic N) is 1. The minimum atomic E-state index is 0.329. The van der Waals surface area contributed by atoms with Crippen molar-refractivity contribution in [2.45, 2.75) is 18.9 Å². The van der Waals surface area contributed by atoms with Gasteiger partial charge in [-0.1, -0.05) is 54.1 Å². The summed E-state index contributed by atoms with van der Waals surface area (Å²) in [6.07, 6.45) is 0. The molecule has 112 valence electrons. The van der Waals surface area contributed by atoms with E-state index in [1.165, 1.54) is 11.1 Å². The van der Waals surface area contributed by atoms with E-state index in [2.05, 4.69) is 67.9 Å². The summed E-state index contributed by atoms with van der Waals surface area (Å²) in [6, 6.07) is 19.0. The van der Waals surface area contributed by atoms with Crippen molar-refractivity contribution in [1.82, 2.24) is 4.90 Å². The van der Waals surface area contributed by atoms with Crippen molar-refractivity contribution in [3.63, 3.8) is 0 Å². The van der Waals surface area contributed by atoms with E-state index in [4.69, 9.17) is 11.6 Å². The van der Waals surface area contributed by atoms with E-state index in [1.54, 1.807) is 0 Å². The Morgan fingerprint density at radius 1 is 1.05 bits per heavy atom. The van der Waals surface area contributed by atoms with Crippen LogP contribution in [0.4, 0.5) is 0 Å². The highest BCUT2D eigenvalue weighted by Gasteiger charge is 2.17. The molecule has 0 fully saturated rings. The minimum absolute atomic E-state index is 0.329. The zero-order valence-corrected chi connectivity index (χ0v) is 14.2. The molecule has 2 unspecified atom stereocenters. The Hall–Kier alpha value is -0.960. The van der Waals surface area contributed by atoms with E-state index in [0.717, 1.165) is 17.3 Å². The first-order valence-electron chi connectivity index (χ1n) is 7.23. The fourth-order valence-electron chi connectivity index (χ4n) is 2.52. The van der Waals surface area contributed by atoms with Gasteiger partial charge in [0.05, 0.1) is 0 Å². The lowest BCUT2D eigenvalue weighted by Gasteiger charge is -2.29. The van der Waals surface area contributed by atoms with Gasteiger partial charge in [0.25, 0.3) is 0 Å². The topological polar surface area (TPSA) is 3.24 Å². The molecule has 0 spiro atoms. The van der Waals surface area contributed by atoms with Crippen molar-refractivity contribution >= 4 is 24.2 Å². The van der Waals surface area contributed by atoms with Gasteiger partial charge in [-0.2, -0.15) is 12.6 Å². The summed E-state index contributed by atoms with van der Waals surface area (Å²) in [4.78, 5) is 2.36. The summed E-state index contributed by atoms with van der Waals surface area (Å²) in [5.74, 6) is 1.28. The molecule has 2 rings (SSSR count). The summed E-state index contributed by atoms with van der Waals surface area (Å²) < 4.78 is 0. The average molecular weight is 320 g/mol. The molecule has 0 heterocycles. The van der Waals surface area contributed by atoms with E-state index >= 15 is 0 Å². The molecule has 2 aromatic carbocycles. The lowest BCUT2D eigenvalue weighted by molar-refractivity contribution is 0.250. The molecule has 0 radical (unpaired) electrons. The molecular formula is C18H22ClNS. The van der Waals surface area contributed by atoms with Gasteiger partial charge in [0.1, 0.15) is 0 Å². The molecule has 2 aromatic rings. The number of halogens is 1. The Kier molecular flexibility index (Phi) is 6.16. The summed E-state index contributed by atoms with van der Waals surface area (Å²) in [6.45, 7) is 3.19. The third-order valence-electron chi connectivity index (χ3n) is 3.99. The first-order chi connectivity index (χ1) is 10.1. The van der Waals surface area contributed by atoms with Gasteiger partial charge in [0.15, 0.2) is 0 Å². The van der Waals surface area contributed by atoms with Gasteiger partial charge in [0.2, 0.25) is 0 Å². The molecule has 3 heteroatoms.